The van der Waals surface area contributed by atoms with Crippen molar-refractivity contribution in [2.24, 2.45) is 0 Å². The van der Waals surface area contributed by atoms with E-state index in [0.29, 0.717) is 5.56 Å². The lowest BCUT2D eigenvalue weighted by Crippen LogP contribution is -2.21. The van der Waals surface area contributed by atoms with E-state index in [4.69, 9.17) is 4.74 Å². The number of fused-ring (bicyclic) bond motifs is 5. The van der Waals surface area contributed by atoms with E-state index in [9.17, 15) is 4.79 Å². The molecule has 0 spiro atoms. The molecule has 4 rings (SSSR count). The van der Waals surface area contributed by atoms with Crippen molar-refractivity contribution in [2.75, 3.05) is 7.11 Å². The zero-order valence-corrected chi connectivity index (χ0v) is 11.9. The zero-order chi connectivity index (χ0) is 14.6. The monoisotopic (exact) mass is 281 g/mol. The number of ether oxygens (including phenoxy) is 1. The Labute approximate surface area is 121 Å². The summed E-state index contributed by atoms with van der Waals surface area (Å²) in [5.74, 6) is 0.846. The molecule has 1 aliphatic heterocycles. The zero-order valence-electron chi connectivity index (χ0n) is 11.9. The number of rotatable bonds is 1. The maximum absolute atomic E-state index is 11.9. The summed E-state index contributed by atoms with van der Waals surface area (Å²) in [6.07, 6.45) is 2.55. The van der Waals surface area contributed by atoms with E-state index in [1.165, 1.54) is 10.9 Å². The molecule has 5 nitrogen and oxygen atoms in total. The van der Waals surface area contributed by atoms with Crippen LogP contribution in [0, 0.1) is 6.92 Å². The molecule has 0 fully saturated rings. The molecule has 106 valence electrons. The van der Waals surface area contributed by atoms with Crippen LogP contribution in [0.2, 0.25) is 0 Å². The number of aromatic nitrogens is 3. The van der Waals surface area contributed by atoms with Crippen LogP contribution in [0.5, 0.6) is 5.75 Å². The smallest absolute Gasteiger partial charge is 0.276 e. The summed E-state index contributed by atoms with van der Waals surface area (Å²) in [4.78, 5) is 19.2. The molecule has 0 saturated carbocycles. The third-order valence-corrected chi connectivity index (χ3v) is 4.23. The molecule has 1 aromatic carbocycles. The SMILES string of the molecule is COc1ccc2[nH]c3c(c2c1)CCn1cnc(=O)c(C)c1-3. The van der Waals surface area contributed by atoms with Gasteiger partial charge in [0.15, 0.2) is 0 Å². The van der Waals surface area contributed by atoms with Crippen molar-refractivity contribution in [3.8, 4) is 17.1 Å². The minimum absolute atomic E-state index is 0.162. The number of methoxy groups -OCH3 is 1. The molecule has 0 radical (unpaired) electrons. The van der Waals surface area contributed by atoms with Crippen LogP contribution in [0.25, 0.3) is 22.3 Å². The second-order valence-corrected chi connectivity index (χ2v) is 5.36. The van der Waals surface area contributed by atoms with E-state index in [1.54, 1.807) is 13.4 Å². The summed E-state index contributed by atoms with van der Waals surface area (Å²) in [6, 6.07) is 6.01. The van der Waals surface area contributed by atoms with Crippen molar-refractivity contribution >= 4 is 10.9 Å². The van der Waals surface area contributed by atoms with Crippen molar-refractivity contribution in [3.05, 3.63) is 46.0 Å². The molecule has 0 saturated heterocycles. The minimum Gasteiger partial charge on any atom is -0.497 e. The van der Waals surface area contributed by atoms with Crippen LogP contribution >= 0.6 is 0 Å². The molecular weight excluding hydrogens is 266 g/mol. The van der Waals surface area contributed by atoms with Crippen molar-refractivity contribution in [1.29, 1.82) is 0 Å². The van der Waals surface area contributed by atoms with E-state index in [-0.39, 0.29) is 5.56 Å². The van der Waals surface area contributed by atoms with E-state index in [1.807, 2.05) is 23.6 Å². The number of aryl methyl sites for hydroxylation is 2. The molecule has 0 amide bonds. The molecule has 0 unspecified atom stereocenters. The Bertz CT molecular complexity index is 921. The fourth-order valence-electron chi connectivity index (χ4n) is 3.14. The van der Waals surface area contributed by atoms with Crippen LogP contribution in [0.15, 0.2) is 29.3 Å². The normalized spacial score (nSPS) is 13.0. The highest BCUT2D eigenvalue weighted by atomic mass is 16.5. The first-order valence-electron chi connectivity index (χ1n) is 6.94. The predicted octanol–water partition coefficient (Wildman–Crippen LogP) is 2.26. The van der Waals surface area contributed by atoms with Gasteiger partial charge in [-0.3, -0.25) is 4.79 Å². The van der Waals surface area contributed by atoms with Crippen molar-refractivity contribution in [2.45, 2.75) is 19.9 Å². The maximum Gasteiger partial charge on any atom is 0.276 e. The number of H-pyrrole nitrogens is 1. The quantitative estimate of drug-likeness (QED) is 0.744. The first-order valence-corrected chi connectivity index (χ1v) is 6.94. The Morgan fingerprint density at radius 3 is 3.05 bits per heavy atom. The standard InChI is InChI=1S/C16H15N3O2/c1-9-15-14-11(5-6-19(15)8-17-16(9)20)12-7-10(21-2)3-4-13(12)18-14/h3-4,7-8,18H,5-6H2,1-2H3. The van der Waals surface area contributed by atoms with E-state index in [0.717, 1.165) is 35.6 Å². The van der Waals surface area contributed by atoms with Gasteiger partial charge in [0.25, 0.3) is 5.56 Å². The van der Waals surface area contributed by atoms with Crippen LogP contribution in [-0.4, -0.2) is 21.6 Å². The summed E-state index contributed by atoms with van der Waals surface area (Å²) in [7, 11) is 1.67. The van der Waals surface area contributed by atoms with Gasteiger partial charge in [-0.25, -0.2) is 0 Å². The Morgan fingerprint density at radius 2 is 2.24 bits per heavy atom. The highest BCUT2D eigenvalue weighted by Crippen LogP contribution is 2.36. The number of nitrogens with zero attached hydrogens (tertiary/aromatic N) is 2. The van der Waals surface area contributed by atoms with Crippen molar-refractivity contribution < 1.29 is 4.74 Å². The highest BCUT2D eigenvalue weighted by Gasteiger charge is 2.23. The third-order valence-electron chi connectivity index (χ3n) is 4.23. The molecule has 3 heterocycles. The summed E-state index contributed by atoms with van der Waals surface area (Å²) in [5.41, 5.74) is 4.82. The van der Waals surface area contributed by atoms with E-state index < -0.39 is 0 Å². The van der Waals surface area contributed by atoms with Gasteiger partial charge in [-0.2, -0.15) is 4.98 Å². The summed E-state index contributed by atoms with van der Waals surface area (Å²) >= 11 is 0. The molecule has 1 aliphatic rings. The van der Waals surface area contributed by atoms with Gasteiger partial charge in [-0.05, 0) is 37.1 Å². The molecular formula is C16H15N3O2. The largest absolute Gasteiger partial charge is 0.497 e. The Morgan fingerprint density at radius 1 is 1.38 bits per heavy atom. The van der Waals surface area contributed by atoms with Gasteiger partial charge in [0, 0.05) is 23.0 Å². The van der Waals surface area contributed by atoms with Crippen LogP contribution in [0.3, 0.4) is 0 Å². The fourth-order valence-corrected chi connectivity index (χ4v) is 3.14. The van der Waals surface area contributed by atoms with Crippen molar-refractivity contribution in [1.82, 2.24) is 14.5 Å². The summed E-state index contributed by atoms with van der Waals surface area (Å²) in [5, 5.41) is 1.17. The number of hydrogen-bond acceptors (Lipinski definition) is 3. The number of aromatic amines is 1. The molecule has 3 aromatic rings. The van der Waals surface area contributed by atoms with Crippen LogP contribution in [-0.2, 0) is 13.0 Å². The minimum atomic E-state index is -0.162. The van der Waals surface area contributed by atoms with Gasteiger partial charge in [0.2, 0.25) is 0 Å². The average Bonchev–Trinajstić information content (AvgIpc) is 2.88. The highest BCUT2D eigenvalue weighted by molar-refractivity contribution is 5.92. The van der Waals surface area contributed by atoms with Crippen molar-refractivity contribution in [3.63, 3.8) is 0 Å². The fraction of sp³-hybridized carbons (Fsp3) is 0.250. The van der Waals surface area contributed by atoms with Crippen LogP contribution < -0.4 is 10.3 Å². The third kappa shape index (κ3) is 1.63. The van der Waals surface area contributed by atoms with Crippen LogP contribution in [0.4, 0.5) is 0 Å². The Hall–Kier alpha value is -2.56. The van der Waals surface area contributed by atoms with Crippen LogP contribution in [0.1, 0.15) is 11.1 Å². The number of nitrogens with one attached hydrogen (secondary N) is 1. The molecule has 0 atom stereocenters. The van der Waals surface area contributed by atoms with Gasteiger partial charge in [0.1, 0.15) is 5.75 Å². The Balaban J connectivity index is 2.07. The van der Waals surface area contributed by atoms with Gasteiger partial charge >= 0.3 is 0 Å². The number of benzene rings is 1. The second-order valence-electron chi connectivity index (χ2n) is 5.36. The lowest BCUT2D eigenvalue weighted by Gasteiger charge is -2.20. The summed E-state index contributed by atoms with van der Waals surface area (Å²) in [6.45, 7) is 2.67. The van der Waals surface area contributed by atoms with Gasteiger partial charge < -0.3 is 14.3 Å². The molecule has 5 heteroatoms. The van der Waals surface area contributed by atoms with Gasteiger partial charge in [-0.15, -0.1) is 0 Å². The lowest BCUT2D eigenvalue weighted by molar-refractivity contribution is 0.415. The first kappa shape index (κ1) is 12.2. The van der Waals surface area contributed by atoms with Gasteiger partial charge in [0.05, 0.1) is 24.8 Å². The molecule has 0 aliphatic carbocycles. The predicted molar refractivity (Wildman–Crippen MR) is 80.8 cm³/mol. The first-order chi connectivity index (χ1) is 10.2. The molecule has 2 aromatic heterocycles. The lowest BCUT2D eigenvalue weighted by atomic mass is 10.00. The summed E-state index contributed by atoms with van der Waals surface area (Å²) < 4.78 is 7.36. The molecule has 21 heavy (non-hydrogen) atoms. The topological polar surface area (TPSA) is 59.9 Å². The maximum atomic E-state index is 11.9. The Kier molecular flexibility index (Phi) is 2.45. The van der Waals surface area contributed by atoms with Gasteiger partial charge in [-0.1, -0.05) is 0 Å². The average molecular weight is 281 g/mol. The number of hydrogen-bond donors (Lipinski definition) is 1. The second kappa shape index (κ2) is 4.22. The molecule has 0 bridgehead atoms. The van der Waals surface area contributed by atoms with E-state index in [2.05, 4.69) is 16.0 Å². The van der Waals surface area contributed by atoms with E-state index >= 15 is 0 Å². The molecule has 1 N–H and O–H groups in total.